The Morgan fingerprint density at radius 3 is 1.62 bits per heavy atom. The van der Waals surface area contributed by atoms with Crippen molar-refractivity contribution in [3.05, 3.63) is 170 Å². The van der Waals surface area contributed by atoms with Crippen LogP contribution in [-0.4, -0.2) is 19.5 Å². The van der Waals surface area contributed by atoms with Gasteiger partial charge in [-0.3, -0.25) is 4.57 Å². The zero-order valence-electron chi connectivity index (χ0n) is 26.9. The molecule has 50 heavy (non-hydrogen) atoms. The van der Waals surface area contributed by atoms with E-state index in [1.807, 2.05) is 42.5 Å². The minimum Gasteiger partial charge on any atom is -0.455 e. The maximum absolute atomic E-state index is 6.88. The van der Waals surface area contributed by atoms with Crippen molar-refractivity contribution in [1.82, 2.24) is 19.5 Å². The molecule has 0 amide bonds. The van der Waals surface area contributed by atoms with E-state index in [1.54, 1.807) is 0 Å². The van der Waals surface area contributed by atoms with Gasteiger partial charge in [-0.15, -0.1) is 0 Å². The summed E-state index contributed by atoms with van der Waals surface area (Å²) in [6.45, 7) is 0. The lowest BCUT2D eigenvalue weighted by molar-refractivity contribution is 0.674. The van der Waals surface area contributed by atoms with Crippen LogP contribution in [0.5, 0.6) is 0 Å². The monoisotopic (exact) mass is 640 g/mol. The SMILES string of the molecule is c1ccc(-c2ccc(-c3nc(-c4ccccc4)nc(-n4c5ccccc5c5c6oc7c(-c8ccccc8)cccc7c6ccc54)n3)cc2)cc1. The minimum absolute atomic E-state index is 0.549. The first kappa shape index (κ1) is 28.2. The molecule has 0 saturated heterocycles. The van der Waals surface area contributed by atoms with Crippen molar-refractivity contribution in [2.75, 3.05) is 0 Å². The van der Waals surface area contributed by atoms with Crippen LogP contribution in [0.25, 0.3) is 94.7 Å². The lowest BCUT2D eigenvalue weighted by atomic mass is 10.0. The molecule has 10 aromatic rings. The van der Waals surface area contributed by atoms with Gasteiger partial charge in [0, 0.05) is 32.8 Å². The van der Waals surface area contributed by atoms with Gasteiger partial charge < -0.3 is 4.42 Å². The fraction of sp³-hybridized carbons (Fsp3) is 0. The maximum atomic E-state index is 6.88. The van der Waals surface area contributed by atoms with Crippen molar-refractivity contribution >= 4 is 43.7 Å². The van der Waals surface area contributed by atoms with Crippen molar-refractivity contribution < 1.29 is 4.42 Å². The molecule has 10 rings (SSSR count). The molecule has 3 aromatic heterocycles. The lowest BCUT2D eigenvalue weighted by Crippen LogP contribution is -2.06. The van der Waals surface area contributed by atoms with E-state index in [0.717, 1.165) is 71.6 Å². The molecule has 7 aromatic carbocycles. The number of nitrogens with zero attached hydrogens (tertiary/aromatic N) is 4. The number of rotatable bonds is 5. The molecule has 0 aliphatic rings. The fourth-order valence-corrected chi connectivity index (χ4v) is 7.12. The molecule has 234 valence electrons. The van der Waals surface area contributed by atoms with E-state index in [-0.39, 0.29) is 0 Å². The Hall–Kier alpha value is -6.85. The van der Waals surface area contributed by atoms with Crippen molar-refractivity contribution in [1.29, 1.82) is 0 Å². The zero-order chi connectivity index (χ0) is 33.0. The summed E-state index contributed by atoms with van der Waals surface area (Å²) in [6.07, 6.45) is 0. The lowest BCUT2D eigenvalue weighted by Gasteiger charge is -2.11. The molecule has 0 bridgehead atoms. The topological polar surface area (TPSA) is 56.7 Å². The number of fused-ring (bicyclic) bond motifs is 7. The second-order valence-electron chi connectivity index (χ2n) is 12.4. The number of hydrogen-bond donors (Lipinski definition) is 0. The molecule has 0 atom stereocenters. The summed E-state index contributed by atoms with van der Waals surface area (Å²) in [5.41, 5.74) is 10.0. The number of para-hydroxylation sites is 2. The Labute approximate surface area is 287 Å². The van der Waals surface area contributed by atoms with Crippen LogP contribution in [0.1, 0.15) is 0 Å². The summed E-state index contributed by atoms with van der Waals surface area (Å²) in [6, 6.07) is 58.4. The molecule has 0 saturated carbocycles. The minimum atomic E-state index is 0.549. The van der Waals surface area contributed by atoms with Gasteiger partial charge in [0.25, 0.3) is 0 Å². The normalized spacial score (nSPS) is 11.6. The van der Waals surface area contributed by atoms with E-state index in [0.29, 0.717) is 17.6 Å². The van der Waals surface area contributed by atoms with Crippen LogP contribution in [0.15, 0.2) is 174 Å². The first-order valence-corrected chi connectivity index (χ1v) is 16.7. The number of benzene rings is 7. The van der Waals surface area contributed by atoms with Crippen molar-refractivity contribution in [2.24, 2.45) is 0 Å². The third kappa shape index (κ3) is 4.52. The van der Waals surface area contributed by atoms with Crippen molar-refractivity contribution in [3.63, 3.8) is 0 Å². The van der Waals surface area contributed by atoms with Gasteiger partial charge in [0.1, 0.15) is 11.2 Å². The van der Waals surface area contributed by atoms with Crippen LogP contribution in [0, 0.1) is 0 Å². The molecule has 3 heterocycles. The molecule has 5 nitrogen and oxygen atoms in total. The average molecular weight is 641 g/mol. The van der Waals surface area contributed by atoms with E-state index in [9.17, 15) is 0 Å². The van der Waals surface area contributed by atoms with E-state index >= 15 is 0 Å². The highest BCUT2D eigenvalue weighted by molar-refractivity contribution is 6.24. The van der Waals surface area contributed by atoms with Gasteiger partial charge in [-0.1, -0.05) is 152 Å². The Kier molecular flexibility index (Phi) is 6.42. The van der Waals surface area contributed by atoms with Crippen molar-refractivity contribution in [3.8, 4) is 51.0 Å². The first-order valence-electron chi connectivity index (χ1n) is 16.7. The van der Waals surface area contributed by atoms with Gasteiger partial charge in [-0.2, -0.15) is 9.97 Å². The van der Waals surface area contributed by atoms with Gasteiger partial charge >= 0.3 is 0 Å². The molecule has 0 aliphatic carbocycles. The first-order chi connectivity index (χ1) is 24.8. The van der Waals surface area contributed by atoms with E-state index in [4.69, 9.17) is 19.4 Å². The quantitative estimate of drug-likeness (QED) is 0.188. The second-order valence-corrected chi connectivity index (χ2v) is 12.4. The Morgan fingerprint density at radius 2 is 0.900 bits per heavy atom. The molecular weight excluding hydrogens is 613 g/mol. The van der Waals surface area contributed by atoms with Gasteiger partial charge in [0.05, 0.1) is 16.4 Å². The van der Waals surface area contributed by atoms with Crippen LogP contribution in [0.2, 0.25) is 0 Å². The Morgan fingerprint density at radius 1 is 0.360 bits per heavy atom. The van der Waals surface area contributed by atoms with Crippen LogP contribution >= 0.6 is 0 Å². The molecule has 0 aliphatic heterocycles. The molecular formula is C45H28N4O. The van der Waals surface area contributed by atoms with E-state index in [1.165, 1.54) is 5.56 Å². The van der Waals surface area contributed by atoms with Gasteiger partial charge in [-0.05, 0) is 34.9 Å². The van der Waals surface area contributed by atoms with E-state index < -0.39 is 0 Å². The zero-order valence-corrected chi connectivity index (χ0v) is 26.9. The summed E-state index contributed by atoms with van der Waals surface area (Å²) >= 11 is 0. The third-order valence-corrected chi connectivity index (χ3v) is 9.49. The van der Waals surface area contributed by atoms with Crippen LogP contribution in [0.3, 0.4) is 0 Å². The smallest absolute Gasteiger partial charge is 0.238 e. The largest absolute Gasteiger partial charge is 0.455 e. The standard InChI is InChI=1S/C45H28N4O/c1-4-13-29(14-5-1)30-23-25-33(26-24-30)44-46-43(32-17-8-3-9-18-32)47-45(48-44)49-38-22-11-10-19-37(38)40-39(49)28-27-36-35-21-12-20-34(41(35)50-42(36)40)31-15-6-2-7-16-31/h1-28H. The number of aromatic nitrogens is 4. The molecule has 0 radical (unpaired) electrons. The summed E-state index contributed by atoms with van der Waals surface area (Å²) in [7, 11) is 0. The average Bonchev–Trinajstić information content (AvgIpc) is 3.75. The maximum Gasteiger partial charge on any atom is 0.238 e. The molecule has 0 fully saturated rings. The predicted molar refractivity (Wildman–Crippen MR) is 203 cm³/mol. The highest BCUT2D eigenvalue weighted by Crippen LogP contribution is 2.42. The highest BCUT2D eigenvalue weighted by atomic mass is 16.3. The van der Waals surface area contributed by atoms with Gasteiger partial charge in [0.2, 0.25) is 5.95 Å². The fourth-order valence-electron chi connectivity index (χ4n) is 7.12. The number of hydrogen-bond acceptors (Lipinski definition) is 4. The van der Waals surface area contributed by atoms with Crippen molar-refractivity contribution in [2.45, 2.75) is 0 Å². The number of furan rings is 1. The highest BCUT2D eigenvalue weighted by Gasteiger charge is 2.22. The summed E-state index contributed by atoms with van der Waals surface area (Å²) in [5, 5.41) is 4.27. The van der Waals surface area contributed by atoms with Crippen LogP contribution < -0.4 is 0 Å². The van der Waals surface area contributed by atoms with E-state index in [2.05, 4.69) is 132 Å². The summed E-state index contributed by atoms with van der Waals surface area (Å²) in [4.78, 5) is 15.3. The van der Waals surface area contributed by atoms with Gasteiger partial charge in [0.15, 0.2) is 11.6 Å². The third-order valence-electron chi connectivity index (χ3n) is 9.49. The Balaban J connectivity index is 1.22. The molecule has 0 spiro atoms. The summed E-state index contributed by atoms with van der Waals surface area (Å²) < 4.78 is 9.02. The summed E-state index contributed by atoms with van der Waals surface area (Å²) in [5.74, 6) is 1.77. The molecule has 0 N–H and O–H groups in total. The Bertz CT molecular complexity index is 2840. The van der Waals surface area contributed by atoms with Crippen LogP contribution in [-0.2, 0) is 0 Å². The predicted octanol–water partition coefficient (Wildman–Crippen LogP) is 11.5. The second kappa shape index (κ2) is 11.4. The van der Waals surface area contributed by atoms with Gasteiger partial charge in [-0.25, -0.2) is 4.98 Å². The molecule has 5 heteroatoms. The molecule has 0 unspecified atom stereocenters. The van der Waals surface area contributed by atoms with Crippen LogP contribution in [0.4, 0.5) is 0 Å².